The first-order chi connectivity index (χ1) is 13.0. The highest BCUT2D eigenvalue weighted by molar-refractivity contribution is 5.96. The van der Waals surface area contributed by atoms with E-state index in [0.717, 1.165) is 6.42 Å². The molecule has 2 aliphatic rings. The van der Waals surface area contributed by atoms with Gasteiger partial charge in [0.05, 0.1) is 18.6 Å². The third-order valence-electron chi connectivity index (χ3n) is 4.90. The summed E-state index contributed by atoms with van der Waals surface area (Å²) < 4.78 is 18.5. The quantitative estimate of drug-likeness (QED) is 0.813. The number of carbonyl (C=O) groups excluding carboxylic acids is 3. The number of piperidine rings is 1. The van der Waals surface area contributed by atoms with Crippen molar-refractivity contribution < 1.29 is 23.5 Å². The number of nitrogens with zero attached hydrogens (tertiary/aromatic N) is 2. The molecule has 1 aromatic carbocycles. The Morgan fingerprint density at radius 1 is 1.33 bits per heavy atom. The summed E-state index contributed by atoms with van der Waals surface area (Å²) in [5.41, 5.74) is 0.483. The topological polar surface area (TPSA) is 79.0 Å². The molecule has 146 valence electrons. The van der Waals surface area contributed by atoms with Gasteiger partial charge in [-0.05, 0) is 38.0 Å². The second kappa shape index (κ2) is 8.37. The average Bonchev–Trinajstić information content (AvgIpc) is 3.02. The fourth-order valence-electron chi connectivity index (χ4n) is 3.58. The highest BCUT2D eigenvalue weighted by atomic mass is 19.1. The maximum atomic E-state index is 13.4. The van der Waals surface area contributed by atoms with Crippen LogP contribution in [0.5, 0.6) is 0 Å². The lowest BCUT2D eigenvalue weighted by Gasteiger charge is -2.32. The average molecular weight is 377 g/mol. The molecule has 0 aliphatic carbocycles. The van der Waals surface area contributed by atoms with Crippen molar-refractivity contribution >= 4 is 23.6 Å². The van der Waals surface area contributed by atoms with Gasteiger partial charge in [-0.15, -0.1) is 0 Å². The van der Waals surface area contributed by atoms with Gasteiger partial charge in [0, 0.05) is 31.7 Å². The number of hydrogen-bond donors (Lipinski definition) is 1. The molecule has 1 aromatic rings. The number of hydrogen-bond acceptors (Lipinski definition) is 4. The van der Waals surface area contributed by atoms with Gasteiger partial charge in [0.2, 0.25) is 5.91 Å². The number of ether oxygens (including phenoxy) is 1. The van der Waals surface area contributed by atoms with E-state index in [4.69, 9.17) is 4.74 Å². The Morgan fingerprint density at radius 3 is 2.89 bits per heavy atom. The first-order valence-electron chi connectivity index (χ1n) is 9.26. The Kier molecular flexibility index (Phi) is 5.93. The molecule has 2 aliphatic heterocycles. The Labute approximate surface area is 157 Å². The van der Waals surface area contributed by atoms with Gasteiger partial charge in [0.15, 0.2) is 0 Å². The summed E-state index contributed by atoms with van der Waals surface area (Å²) in [6.45, 7) is 3.26. The van der Waals surface area contributed by atoms with Crippen LogP contribution in [0.25, 0.3) is 0 Å². The summed E-state index contributed by atoms with van der Waals surface area (Å²) in [7, 11) is 0. The number of benzene rings is 1. The lowest BCUT2D eigenvalue weighted by Crippen LogP contribution is -2.50. The van der Waals surface area contributed by atoms with Crippen LogP contribution in [0.1, 0.15) is 26.2 Å². The van der Waals surface area contributed by atoms with Gasteiger partial charge < -0.3 is 19.9 Å². The number of amides is 3. The smallest absolute Gasteiger partial charge is 0.317 e. The zero-order valence-electron chi connectivity index (χ0n) is 15.3. The van der Waals surface area contributed by atoms with Crippen LogP contribution in [0, 0.1) is 11.7 Å². The third kappa shape index (κ3) is 4.56. The molecule has 0 unspecified atom stereocenters. The molecule has 0 radical (unpaired) electrons. The number of rotatable bonds is 4. The van der Waals surface area contributed by atoms with Crippen molar-refractivity contribution in [2.45, 2.75) is 32.2 Å². The van der Waals surface area contributed by atoms with Crippen LogP contribution in [-0.4, -0.2) is 55.1 Å². The van der Waals surface area contributed by atoms with Crippen LogP contribution < -0.4 is 10.2 Å². The van der Waals surface area contributed by atoms with Gasteiger partial charge >= 0.3 is 12.0 Å². The number of nitrogens with one attached hydrogen (secondary N) is 1. The van der Waals surface area contributed by atoms with E-state index < -0.39 is 5.82 Å². The minimum Gasteiger partial charge on any atom is -0.466 e. The first-order valence-corrected chi connectivity index (χ1v) is 9.26. The molecule has 7 nitrogen and oxygen atoms in total. The molecule has 3 amide bonds. The normalized spacial score (nSPS) is 22.7. The van der Waals surface area contributed by atoms with Crippen molar-refractivity contribution in [2.24, 2.45) is 5.92 Å². The van der Waals surface area contributed by atoms with Crippen molar-refractivity contribution in [2.75, 3.05) is 31.1 Å². The van der Waals surface area contributed by atoms with E-state index in [9.17, 15) is 18.8 Å². The minimum atomic E-state index is -0.411. The molecular weight excluding hydrogens is 353 g/mol. The molecule has 8 heteroatoms. The van der Waals surface area contributed by atoms with Crippen molar-refractivity contribution in [3.63, 3.8) is 0 Å². The zero-order chi connectivity index (χ0) is 19.4. The number of carbonyl (C=O) groups is 3. The summed E-state index contributed by atoms with van der Waals surface area (Å²) >= 11 is 0. The zero-order valence-corrected chi connectivity index (χ0v) is 15.3. The highest BCUT2D eigenvalue weighted by Gasteiger charge is 2.34. The largest absolute Gasteiger partial charge is 0.466 e. The Bertz CT molecular complexity index is 727. The fraction of sp³-hybridized carbons (Fsp3) is 0.526. The van der Waals surface area contributed by atoms with E-state index in [1.807, 2.05) is 0 Å². The molecule has 2 fully saturated rings. The van der Waals surface area contributed by atoms with Crippen LogP contribution in [0.3, 0.4) is 0 Å². The predicted octanol–water partition coefficient (Wildman–Crippen LogP) is 1.92. The molecule has 2 atom stereocenters. The lowest BCUT2D eigenvalue weighted by atomic mass is 9.98. The van der Waals surface area contributed by atoms with Crippen molar-refractivity contribution in [3.05, 3.63) is 30.1 Å². The lowest BCUT2D eigenvalue weighted by molar-refractivity contribution is -0.149. The second-order valence-corrected chi connectivity index (χ2v) is 6.87. The minimum absolute atomic E-state index is 0.158. The highest BCUT2D eigenvalue weighted by Crippen LogP contribution is 2.23. The molecule has 27 heavy (non-hydrogen) atoms. The predicted molar refractivity (Wildman–Crippen MR) is 96.6 cm³/mol. The maximum absolute atomic E-state index is 13.4. The number of esters is 1. The fourth-order valence-corrected chi connectivity index (χ4v) is 3.58. The summed E-state index contributed by atoms with van der Waals surface area (Å²) in [5.74, 6) is -1.15. The van der Waals surface area contributed by atoms with Gasteiger partial charge in [-0.3, -0.25) is 9.59 Å². The Balaban J connectivity index is 1.56. The van der Waals surface area contributed by atoms with Crippen molar-refractivity contribution in [1.29, 1.82) is 0 Å². The first kappa shape index (κ1) is 19.1. The molecule has 2 heterocycles. The summed E-state index contributed by atoms with van der Waals surface area (Å²) in [6, 6.07) is 5.20. The van der Waals surface area contributed by atoms with Crippen LogP contribution in [-0.2, 0) is 14.3 Å². The molecule has 3 rings (SSSR count). The van der Waals surface area contributed by atoms with E-state index in [1.54, 1.807) is 24.0 Å². The van der Waals surface area contributed by atoms with E-state index in [0.29, 0.717) is 38.3 Å². The number of halogens is 1. The van der Waals surface area contributed by atoms with Crippen LogP contribution >= 0.6 is 0 Å². The number of urea groups is 1. The van der Waals surface area contributed by atoms with Gasteiger partial charge in [-0.1, -0.05) is 6.07 Å². The summed E-state index contributed by atoms with van der Waals surface area (Å²) in [5, 5.41) is 2.86. The summed E-state index contributed by atoms with van der Waals surface area (Å²) in [4.78, 5) is 39.8. The molecule has 0 saturated carbocycles. The standard InChI is InChI=1S/C19H24FN3O4/c1-2-27-18(25)13-5-4-8-22(11-13)19(26)21-15-10-17(24)23(12-15)16-7-3-6-14(20)9-16/h3,6-7,9,13,15H,2,4-5,8,10-12H2,1H3,(H,21,26)/t13-,15+/m1/s1. The number of likely N-dealkylation sites (tertiary alicyclic amines) is 1. The Hall–Kier alpha value is -2.64. The van der Waals surface area contributed by atoms with Gasteiger partial charge in [0.25, 0.3) is 0 Å². The van der Waals surface area contributed by atoms with Crippen LogP contribution in [0.15, 0.2) is 24.3 Å². The third-order valence-corrected chi connectivity index (χ3v) is 4.90. The monoisotopic (exact) mass is 377 g/mol. The van der Waals surface area contributed by atoms with Crippen molar-refractivity contribution in [1.82, 2.24) is 10.2 Å². The van der Waals surface area contributed by atoms with Crippen LogP contribution in [0.4, 0.5) is 14.9 Å². The van der Waals surface area contributed by atoms with Crippen LogP contribution in [0.2, 0.25) is 0 Å². The van der Waals surface area contributed by atoms with E-state index in [-0.39, 0.29) is 36.3 Å². The van der Waals surface area contributed by atoms with Gasteiger partial charge in [0.1, 0.15) is 5.82 Å². The summed E-state index contributed by atoms with van der Waals surface area (Å²) in [6.07, 6.45) is 1.60. The molecule has 0 bridgehead atoms. The van der Waals surface area contributed by atoms with E-state index >= 15 is 0 Å². The van der Waals surface area contributed by atoms with E-state index in [2.05, 4.69) is 5.32 Å². The van der Waals surface area contributed by atoms with Crippen molar-refractivity contribution in [3.8, 4) is 0 Å². The van der Waals surface area contributed by atoms with Gasteiger partial charge in [-0.25, -0.2) is 9.18 Å². The SMILES string of the molecule is CCOC(=O)[C@@H]1CCCN(C(=O)N[C@H]2CC(=O)N(c3cccc(F)c3)C2)C1. The van der Waals surface area contributed by atoms with Gasteiger partial charge in [-0.2, -0.15) is 0 Å². The number of anilines is 1. The maximum Gasteiger partial charge on any atom is 0.317 e. The molecule has 0 aromatic heterocycles. The molecule has 2 saturated heterocycles. The molecule has 0 spiro atoms. The molecule has 1 N–H and O–H groups in total. The Morgan fingerprint density at radius 2 is 2.15 bits per heavy atom. The molecular formula is C19H24FN3O4. The van der Waals surface area contributed by atoms with E-state index in [1.165, 1.54) is 17.0 Å². The second-order valence-electron chi connectivity index (χ2n) is 6.87.